The van der Waals surface area contributed by atoms with Crippen molar-refractivity contribution in [3.05, 3.63) is 47.4 Å². The number of amides is 2. The lowest BCUT2D eigenvalue weighted by Gasteiger charge is -2.49. The van der Waals surface area contributed by atoms with E-state index >= 15 is 0 Å². The standard InChI is InChI=1S/C28H39N3O4/c1-8-23-26(33)31(22-13-18(2)9-12-24(22)35-23)17-25(32)30(16-21-11-10-19(3)34-21)20-14-27(4,5)29-28(6,7)15-20/h9-13,20,23,29H,8,14-17H2,1-7H3/t23-/m1/s1. The maximum atomic E-state index is 14.0. The van der Waals surface area contributed by atoms with E-state index in [1.165, 1.54) is 0 Å². The van der Waals surface area contributed by atoms with Gasteiger partial charge in [0.1, 0.15) is 23.8 Å². The average Bonchev–Trinajstić information content (AvgIpc) is 3.16. The molecule has 1 fully saturated rings. The van der Waals surface area contributed by atoms with E-state index in [0.29, 0.717) is 24.4 Å². The highest BCUT2D eigenvalue weighted by atomic mass is 16.5. The van der Waals surface area contributed by atoms with Gasteiger partial charge in [0.15, 0.2) is 6.10 Å². The second-order valence-corrected chi connectivity index (χ2v) is 11.4. The predicted octanol–water partition coefficient (Wildman–Crippen LogP) is 4.74. The fraction of sp³-hybridized carbons (Fsp3) is 0.571. The third-order valence-corrected chi connectivity index (χ3v) is 6.93. The van der Waals surface area contributed by atoms with E-state index < -0.39 is 6.10 Å². The van der Waals surface area contributed by atoms with Crippen molar-refractivity contribution in [3.8, 4) is 5.75 Å². The van der Waals surface area contributed by atoms with E-state index in [1.54, 1.807) is 4.90 Å². The Kier molecular flexibility index (Phi) is 6.75. The molecule has 1 saturated heterocycles. The summed E-state index contributed by atoms with van der Waals surface area (Å²) in [5, 5.41) is 3.70. The van der Waals surface area contributed by atoms with Crippen LogP contribution in [0.5, 0.6) is 5.75 Å². The topological polar surface area (TPSA) is 75.0 Å². The van der Waals surface area contributed by atoms with E-state index in [9.17, 15) is 9.59 Å². The minimum absolute atomic E-state index is 0.00857. The largest absolute Gasteiger partial charge is 0.478 e. The molecule has 2 amide bonds. The van der Waals surface area contributed by atoms with E-state index in [2.05, 4.69) is 33.0 Å². The molecule has 1 aromatic carbocycles. The van der Waals surface area contributed by atoms with Crippen LogP contribution in [0.4, 0.5) is 5.69 Å². The van der Waals surface area contributed by atoms with Gasteiger partial charge in [0.2, 0.25) is 5.91 Å². The van der Waals surface area contributed by atoms with Gasteiger partial charge in [-0.3, -0.25) is 14.5 Å². The summed E-state index contributed by atoms with van der Waals surface area (Å²) < 4.78 is 11.8. The first-order chi connectivity index (χ1) is 16.4. The van der Waals surface area contributed by atoms with E-state index in [-0.39, 0.29) is 35.5 Å². The van der Waals surface area contributed by atoms with Gasteiger partial charge in [-0.25, -0.2) is 0 Å². The first kappa shape index (κ1) is 25.3. The van der Waals surface area contributed by atoms with Gasteiger partial charge in [-0.15, -0.1) is 0 Å². The number of nitrogens with one attached hydrogen (secondary N) is 1. The van der Waals surface area contributed by atoms with Crippen molar-refractivity contribution < 1.29 is 18.7 Å². The Morgan fingerprint density at radius 3 is 2.40 bits per heavy atom. The smallest absolute Gasteiger partial charge is 0.268 e. The van der Waals surface area contributed by atoms with Crippen LogP contribution in [0.15, 0.2) is 34.7 Å². The molecule has 2 aromatic rings. The zero-order valence-corrected chi connectivity index (χ0v) is 22.1. The minimum Gasteiger partial charge on any atom is -0.478 e. The number of rotatable bonds is 6. The summed E-state index contributed by atoms with van der Waals surface area (Å²) in [5.41, 5.74) is 1.41. The highest BCUT2D eigenvalue weighted by Crippen LogP contribution is 2.37. The predicted molar refractivity (Wildman–Crippen MR) is 137 cm³/mol. The Bertz CT molecular complexity index is 1090. The molecule has 1 atom stereocenters. The summed E-state index contributed by atoms with van der Waals surface area (Å²) in [4.78, 5) is 30.9. The first-order valence-electron chi connectivity index (χ1n) is 12.6. The number of piperidine rings is 1. The first-order valence-corrected chi connectivity index (χ1v) is 12.6. The Hall–Kier alpha value is -2.80. The summed E-state index contributed by atoms with van der Waals surface area (Å²) in [5.74, 6) is 1.96. The molecule has 35 heavy (non-hydrogen) atoms. The fourth-order valence-corrected chi connectivity index (χ4v) is 5.73. The summed E-state index contributed by atoms with van der Waals surface area (Å²) in [6.45, 7) is 14.9. The lowest BCUT2D eigenvalue weighted by atomic mass is 9.79. The van der Waals surface area contributed by atoms with Gasteiger partial charge in [0.25, 0.3) is 5.91 Å². The Morgan fingerprint density at radius 1 is 1.11 bits per heavy atom. The molecular formula is C28H39N3O4. The number of aryl methyl sites for hydroxylation is 2. The van der Waals surface area contributed by atoms with Gasteiger partial charge < -0.3 is 19.4 Å². The maximum absolute atomic E-state index is 14.0. The van der Waals surface area contributed by atoms with Crippen LogP contribution in [0.2, 0.25) is 0 Å². The van der Waals surface area contributed by atoms with Crippen molar-refractivity contribution in [2.24, 2.45) is 0 Å². The van der Waals surface area contributed by atoms with E-state index in [1.807, 2.05) is 56.0 Å². The van der Waals surface area contributed by atoms with E-state index in [4.69, 9.17) is 9.15 Å². The molecule has 0 unspecified atom stereocenters. The maximum Gasteiger partial charge on any atom is 0.268 e. The molecule has 1 N–H and O–H groups in total. The van der Waals surface area contributed by atoms with Crippen molar-refractivity contribution in [1.82, 2.24) is 10.2 Å². The quantitative estimate of drug-likeness (QED) is 0.645. The number of fused-ring (bicyclic) bond motifs is 1. The molecule has 1 aromatic heterocycles. The second kappa shape index (κ2) is 9.34. The SMILES string of the molecule is CC[C@H]1Oc2ccc(C)cc2N(CC(=O)N(Cc2ccc(C)o2)C2CC(C)(C)NC(C)(C)C2)C1=O. The number of hydrogen-bond acceptors (Lipinski definition) is 5. The summed E-state index contributed by atoms with van der Waals surface area (Å²) in [6.07, 6.45) is 1.58. The van der Waals surface area contributed by atoms with Gasteiger partial charge in [-0.05, 0) is 90.6 Å². The van der Waals surface area contributed by atoms with Gasteiger partial charge >= 0.3 is 0 Å². The van der Waals surface area contributed by atoms with Crippen molar-refractivity contribution in [3.63, 3.8) is 0 Å². The van der Waals surface area contributed by atoms with Crippen molar-refractivity contribution in [1.29, 1.82) is 0 Å². The van der Waals surface area contributed by atoms with Crippen LogP contribution in [-0.2, 0) is 16.1 Å². The van der Waals surface area contributed by atoms with E-state index in [0.717, 1.165) is 29.9 Å². The molecule has 3 heterocycles. The van der Waals surface area contributed by atoms with Crippen LogP contribution >= 0.6 is 0 Å². The number of carbonyl (C=O) groups is 2. The molecule has 7 heteroatoms. The number of ether oxygens (including phenoxy) is 1. The number of carbonyl (C=O) groups excluding carboxylic acids is 2. The van der Waals surface area contributed by atoms with Crippen LogP contribution < -0.4 is 15.0 Å². The Balaban J connectivity index is 1.67. The Labute approximate surface area is 208 Å². The molecule has 0 saturated carbocycles. The number of furan rings is 1. The molecule has 190 valence electrons. The number of anilines is 1. The molecule has 0 spiro atoms. The average molecular weight is 482 g/mol. The minimum atomic E-state index is -0.587. The van der Waals surface area contributed by atoms with Crippen molar-refractivity contribution >= 4 is 17.5 Å². The molecule has 0 bridgehead atoms. The summed E-state index contributed by atoms with van der Waals surface area (Å²) >= 11 is 0. The highest BCUT2D eigenvalue weighted by molar-refractivity contribution is 6.04. The molecule has 4 rings (SSSR count). The Morgan fingerprint density at radius 2 is 1.80 bits per heavy atom. The number of nitrogens with zero attached hydrogens (tertiary/aromatic N) is 2. The molecule has 0 aliphatic carbocycles. The third-order valence-electron chi connectivity index (χ3n) is 6.93. The van der Waals surface area contributed by atoms with Gasteiger partial charge in [-0.1, -0.05) is 13.0 Å². The second-order valence-electron chi connectivity index (χ2n) is 11.4. The number of hydrogen-bond donors (Lipinski definition) is 1. The normalized spacial score (nSPS) is 21.4. The van der Waals surface area contributed by atoms with Crippen LogP contribution in [0.3, 0.4) is 0 Å². The highest BCUT2D eigenvalue weighted by Gasteiger charge is 2.42. The molecule has 2 aliphatic rings. The molecular weight excluding hydrogens is 442 g/mol. The lowest BCUT2D eigenvalue weighted by molar-refractivity contribution is -0.137. The fourth-order valence-electron chi connectivity index (χ4n) is 5.73. The summed E-state index contributed by atoms with van der Waals surface area (Å²) in [7, 11) is 0. The van der Waals surface area contributed by atoms with Crippen LogP contribution in [-0.4, -0.2) is 46.5 Å². The van der Waals surface area contributed by atoms with Crippen LogP contribution in [0.1, 0.15) is 71.0 Å². The molecule has 7 nitrogen and oxygen atoms in total. The van der Waals surface area contributed by atoms with Crippen LogP contribution in [0, 0.1) is 13.8 Å². The van der Waals surface area contributed by atoms with Gasteiger partial charge in [-0.2, -0.15) is 0 Å². The van der Waals surface area contributed by atoms with Crippen molar-refractivity contribution in [2.75, 3.05) is 11.4 Å². The zero-order valence-electron chi connectivity index (χ0n) is 22.1. The van der Waals surface area contributed by atoms with Gasteiger partial charge in [0, 0.05) is 17.1 Å². The van der Waals surface area contributed by atoms with Crippen molar-refractivity contribution in [2.45, 2.75) is 97.5 Å². The van der Waals surface area contributed by atoms with Crippen LogP contribution in [0.25, 0.3) is 0 Å². The van der Waals surface area contributed by atoms with Gasteiger partial charge in [0.05, 0.1) is 12.2 Å². The summed E-state index contributed by atoms with van der Waals surface area (Å²) in [6, 6.07) is 9.63. The number of benzene rings is 1. The molecule has 0 radical (unpaired) electrons. The zero-order chi connectivity index (χ0) is 25.5. The lowest BCUT2D eigenvalue weighted by Crippen LogP contribution is -2.63. The third kappa shape index (κ3) is 5.56. The molecule has 2 aliphatic heterocycles. The monoisotopic (exact) mass is 481 g/mol.